The summed E-state index contributed by atoms with van der Waals surface area (Å²) in [7, 11) is 0. The Morgan fingerprint density at radius 1 is 1.37 bits per heavy atom. The molecule has 0 bridgehead atoms. The normalized spacial score (nSPS) is 20.7. The fraction of sp³-hybridized carbons (Fsp3) is 0.647. The van der Waals surface area contributed by atoms with Crippen molar-refractivity contribution < 1.29 is 4.74 Å². The van der Waals surface area contributed by atoms with Crippen molar-refractivity contribution in [3.05, 3.63) is 29.3 Å². The maximum atomic E-state index is 5.78. The van der Waals surface area contributed by atoms with Gasteiger partial charge in [0.2, 0.25) is 0 Å². The molecule has 106 valence electrons. The molecule has 2 rings (SSSR count). The van der Waals surface area contributed by atoms with Gasteiger partial charge in [0.1, 0.15) is 11.9 Å². The molecule has 0 spiro atoms. The van der Waals surface area contributed by atoms with Crippen molar-refractivity contribution in [2.45, 2.75) is 59.1 Å². The number of fused-ring (bicyclic) bond motifs is 1. The summed E-state index contributed by atoms with van der Waals surface area (Å²) in [6.45, 7) is 9.95. The zero-order chi connectivity index (χ0) is 13.8. The van der Waals surface area contributed by atoms with Gasteiger partial charge >= 0.3 is 0 Å². The molecule has 1 heterocycles. The Balaban J connectivity index is 2.15. The predicted octanol–water partition coefficient (Wildman–Crippen LogP) is 4.10. The quantitative estimate of drug-likeness (QED) is 0.832. The van der Waals surface area contributed by atoms with Crippen molar-refractivity contribution in [3.63, 3.8) is 0 Å². The molecule has 1 aliphatic heterocycles. The highest BCUT2D eigenvalue weighted by Crippen LogP contribution is 2.32. The standard InChI is InChI=1S/C17H27NO/c1-5-12(3)9-16(18-6-2)14-7-8-17-15(11-14)10-13(4)19-17/h7-8,11-13,16,18H,5-6,9-10H2,1-4H3. The van der Waals surface area contributed by atoms with Gasteiger partial charge in [0.05, 0.1) is 0 Å². The molecule has 0 amide bonds. The topological polar surface area (TPSA) is 21.3 Å². The minimum absolute atomic E-state index is 0.331. The highest BCUT2D eigenvalue weighted by atomic mass is 16.5. The van der Waals surface area contributed by atoms with E-state index in [1.54, 1.807) is 0 Å². The summed E-state index contributed by atoms with van der Waals surface area (Å²) in [5.41, 5.74) is 2.79. The Hall–Kier alpha value is -1.02. The molecule has 1 N–H and O–H groups in total. The highest BCUT2D eigenvalue weighted by Gasteiger charge is 2.21. The van der Waals surface area contributed by atoms with Crippen molar-refractivity contribution in [2.24, 2.45) is 5.92 Å². The molecule has 3 unspecified atom stereocenters. The SMILES string of the molecule is CCNC(CC(C)CC)c1ccc2c(c1)CC(C)O2. The molecule has 19 heavy (non-hydrogen) atoms. The number of hydrogen-bond donors (Lipinski definition) is 1. The largest absolute Gasteiger partial charge is 0.490 e. The lowest BCUT2D eigenvalue weighted by atomic mass is 9.93. The number of nitrogens with one attached hydrogen (secondary N) is 1. The van der Waals surface area contributed by atoms with Gasteiger partial charge in [0.15, 0.2) is 0 Å². The van der Waals surface area contributed by atoms with Crippen molar-refractivity contribution in [2.75, 3.05) is 6.54 Å². The van der Waals surface area contributed by atoms with E-state index in [4.69, 9.17) is 4.74 Å². The molecule has 2 nitrogen and oxygen atoms in total. The van der Waals surface area contributed by atoms with Gasteiger partial charge in [-0.2, -0.15) is 0 Å². The van der Waals surface area contributed by atoms with Crippen molar-refractivity contribution in [3.8, 4) is 5.75 Å². The molecular weight excluding hydrogens is 234 g/mol. The molecular formula is C17H27NO. The summed E-state index contributed by atoms with van der Waals surface area (Å²) in [6, 6.07) is 7.19. The molecule has 0 saturated heterocycles. The van der Waals surface area contributed by atoms with Gasteiger partial charge in [-0.3, -0.25) is 0 Å². The minimum atomic E-state index is 0.331. The zero-order valence-electron chi connectivity index (χ0n) is 12.7. The summed E-state index contributed by atoms with van der Waals surface area (Å²) >= 11 is 0. The van der Waals surface area contributed by atoms with Crippen LogP contribution < -0.4 is 10.1 Å². The van der Waals surface area contributed by atoms with E-state index in [2.05, 4.69) is 51.2 Å². The van der Waals surface area contributed by atoms with Gasteiger partial charge in [0, 0.05) is 12.5 Å². The van der Waals surface area contributed by atoms with Crippen LogP contribution in [0.15, 0.2) is 18.2 Å². The third-order valence-electron chi connectivity index (χ3n) is 4.11. The first-order valence-corrected chi connectivity index (χ1v) is 7.66. The lowest BCUT2D eigenvalue weighted by Crippen LogP contribution is -2.22. The van der Waals surface area contributed by atoms with Crippen LogP contribution in [0.25, 0.3) is 0 Å². The van der Waals surface area contributed by atoms with Gasteiger partial charge in [-0.05, 0) is 43.0 Å². The molecule has 0 fully saturated rings. The van der Waals surface area contributed by atoms with Crippen LogP contribution in [0, 0.1) is 5.92 Å². The molecule has 0 aromatic heterocycles. The highest BCUT2D eigenvalue weighted by molar-refractivity contribution is 5.41. The van der Waals surface area contributed by atoms with Crippen LogP contribution in [-0.2, 0) is 6.42 Å². The average molecular weight is 261 g/mol. The Morgan fingerprint density at radius 2 is 2.16 bits per heavy atom. The maximum absolute atomic E-state index is 5.78. The third kappa shape index (κ3) is 3.50. The Bertz CT molecular complexity index is 416. The second-order valence-electron chi connectivity index (χ2n) is 5.86. The fourth-order valence-electron chi connectivity index (χ4n) is 2.81. The van der Waals surface area contributed by atoms with E-state index in [-0.39, 0.29) is 0 Å². The van der Waals surface area contributed by atoms with E-state index >= 15 is 0 Å². The molecule has 0 aliphatic carbocycles. The summed E-state index contributed by atoms with van der Waals surface area (Å²) in [4.78, 5) is 0. The number of rotatable bonds is 6. The minimum Gasteiger partial charge on any atom is -0.490 e. The first-order valence-electron chi connectivity index (χ1n) is 7.66. The van der Waals surface area contributed by atoms with Crippen LogP contribution in [0.2, 0.25) is 0 Å². The molecule has 2 heteroatoms. The predicted molar refractivity (Wildman–Crippen MR) is 80.7 cm³/mol. The van der Waals surface area contributed by atoms with E-state index in [0.717, 1.165) is 24.6 Å². The monoisotopic (exact) mass is 261 g/mol. The molecule has 3 atom stereocenters. The van der Waals surface area contributed by atoms with Crippen LogP contribution in [0.5, 0.6) is 5.75 Å². The zero-order valence-corrected chi connectivity index (χ0v) is 12.7. The summed E-state index contributed by atoms with van der Waals surface area (Å²) in [5.74, 6) is 1.84. The van der Waals surface area contributed by atoms with Crippen molar-refractivity contribution in [1.82, 2.24) is 5.32 Å². The third-order valence-corrected chi connectivity index (χ3v) is 4.11. The first kappa shape index (κ1) is 14.4. The average Bonchev–Trinajstić information content (AvgIpc) is 2.77. The summed E-state index contributed by atoms with van der Waals surface area (Å²) < 4.78 is 5.78. The maximum Gasteiger partial charge on any atom is 0.123 e. The van der Waals surface area contributed by atoms with E-state index < -0.39 is 0 Å². The Morgan fingerprint density at radius 3 is 2.84 bits per heavy atom. The Kier molecular flexibility index (Phi) is 4.87. The smallest absolute Gasteiger partial charge is 0.123 e. The van der Waals surface area contributed by atoms with Crippen LogP contribution in [0.3, 0.4) is 0 Å². The van der Waals surface area contributed by atoms with Gasteiger partial charge in [-0.25, -0.2) is 0 Å². The van der Waals surface area contributed by atoms with Crippen molar-refractivity contribution >= 4 is 0 Å². The van der Waals surface area contributed by atoms with E-state index in [1.165, 1.54) is 24.0 Å². The first-order chi connectivity index (χ1) is 9.13. The fourth-order valence-corrected chi connectivity index (χ4v) is 2.81. The molecule has 1 aromatic rings. The number of ether oxygens (including phenoxy) is 1. The van der Waals surface area contributed by atoms with Crippen molar-refractivity contribution in [1.29, 1.82) is 0 Å². The molecule has 0 saturated carbocycles. The second kappa shape index (κ2) is 6.42. The molecule has 0 radical (unpaired) electrons. The van der Waals surface area contributed by atoms with Gasteiger partial charge in [-0.15, -0.1) is 0 Å². The molecule has 1 aliphatic rings. The van der Waals surface area contributed by atoms with Gasteiger partial charge in [-0.1, -0.05) is 39.3 Å². The summed E-state index contributed by atoms with van der Waals surface area (Å²) in [6.07, 6.45) is 3.83. The summed E-state index contributed by atoms with van der Waals surface area (Å²) in [5, 5.41) is 3.63. The molecule has 1 aromatic carbocycles. The van der Waals surface area contributed by atoms with Crippen LogP contribution in [0.4, 0.5) is 0 Å². The Labute approximate surface area is 117 Å². The lowest BCUT2D eigenvalue weighted by Gasteiger charge is -2.22. The van der Waals surface area contributed by atoms with Gasteiger partial charge < -0.3 is 10.1 Å². The van der Waals surface area contributed by atoms with Crippen LogP contribution in [0.1, 0.15) is 57.7 Å². The second-order valence-corrected chi connectivity index (χ2v) is 5.86. The number of benzene rings is 1. The van der Waals surface area contributed by atoms with E-state index in [1.807, 2.05) is 0 Å². The van der Waals surface area contributed by atoms with E-state index in [0.29, 0.717) is 12.1 Å². The van der Waals surface area contributed by atoms with Gasteiger partial charge in [0.25, 0.3) is 0 Å². The lowest BCUT2D eigenvalue weighted by molar-refractivity contribution is 0.254. The van der Waals surface area contributed by atoms with E-state index in [9.17, 15) is 0 Å². The van der Waals surface area contributed by atoms with Crippen LogP contribution >= 0.6 is 0 Å². The van der Waals surface area contributed by atoms with Crippen LogP contribution in [-0.4, -0.2) is 12.6 Å². The number of hydrogen-bond acceptors (Lipinski definition) is 2.